The zero-order valence-corrected chi connectivity index (χ0v) is 29.5. The lowest BCUT2D eigenvalue weighted by Crippen LogP contribution is -1.96. The van der Waals surface area contributed by atoms with Crippen LogP contribution in [0.25, 0.3) is 99.6 Å². The Morgan fingerprint density at radius 3 is 1.41 bits per heavy atom. The van der Waals surface area contributed by atoms with Crippen molar-refractivity contribution in [2.45, 2.75) is 0 Å². The van der Waals surface area contributed by atoms with E-state index in [1.807, 2.05) is 0 Å². The van der Waals surface area contributed by atoms with Gasteiger partial charge in [-0.1, -0.05) is 182 Å². The minimum Gasteiger partial charge on any atom is -0.228 e. The molecule has 0 aliphatic carbocycles. The van der Waals surface area contributed by atoms with E-state index in [0.29, 0.717) is 5.82 Å². The molecule has 0 atom stereocenters. The lowest BCUT2D eigenvalue weighted by atomic mass is 9.96. The average molecular weight is 687 g/mol. The van der Waals surface area contributed by atoms with Gasteiger partial charge in [0.05, 0.1) is 11.2 Å². The van der Waals surface area contributed by atoms with Crippen molar-refractivity contribution in [1.29, 1.82) is 0 Å². The summed E-state index contributed by atoms with van der Waals surface area (Å²) >= 11 is 0. The van der Waals surface area contributed by atoms with Crippen molar-refractivity contribution in [3.63, 3.8) is 0 Å². The Kier molecular flexibility index (Phi) is 7.85. The molecular weight excluding hydrogens is 653 g/mol. The first-order chi connectivity index (χ1) is 26.7. The molecular formula is C52H34N2. The van der Waals surface area contributed by atoms with Crippen LogP contribution < -0.4 is 0 Å². The number of hydrogen-bond acceptors (Lipinski definition) is 2. The molecule has 0 N–H and O–H groups in total. The lowest BCUT2D eigenvalue weighted by molar-refractivity contribution is 1.23. The first-order valence-corrected chi connectivity index (χ1v) is 18.4. The van der Waals surface area contributed by atoms with Crippen LogP contribution in [0.3, 0.4) is 0 Å². The Labute approximate surface area is 314 Å². The number of nitrogens with zero attached hydrogens (tertiary/aromatic N) is 2. The standard InChI is InChI=1S/C52H34N2/c1-2-10-35(11-3-1)43-15-8-16-44(32-43)38-24-27-41(28-25-38)51-50-48-19-7-6-13-40(48)30-31-49(50)53-52(54-51)47-18-9-17-45(34-47)37-20-22-39(23-21-37)46-29-26-36-12-4-5-14-42(36)33-46/h1-34H. The van der Waals surface area contributed by atoms with Crippen LogP contribution in [0, 0.1) is 0 Å². The number of aromatic nitrogens is 2. The van der Waals surface area contributed by atoms with Crippen molar-refractivity contribution in [3.05, 3.63) is 206 Å². The quantitative estimate of drug-likeness (QED) is 0.163. The zero-order valence-electron chi connectivity index (χ0n) is 29.5. The molecule has 0 unspecified atom stereocenters. The Balaban J connectivity index is 1.03. The molecule has 0 spiro atoms. The molecule has 0 aliphatic heterocycles. The van der Waals surface area contributed by atoms with Gasteiger partial charge < -0.3 is 0 Å². The van der Waals surface area contributed by atoms with Crippen molar-refractivity contribution in [3.8, 4) is 67.2 Å². The molecule has 10 rings (SSSR count). The van der Waals surface area contributed by atoms with E-state index in [4.69, 9.17) is 9.97 Å². The molecule has 9 aromatic carbocycles. The Morgan fingerprint density at radius 1 is 0.259 bits per heavy atom. The number of fused-ring (bicyclic) bond motifs is 4. The largest absolute Gasteiger partial charge is 0.228 e. The molecule has 0 aliphatic rings. The van der Waals surface area contributed by atoms with Crippen LogP contribution in [0.2, 0.25) is 0 Å². The fraction of sp³-hybridized carbons (Fsp3) is 0. The molecule has 0 radical (unpaired) electrons. The SMILES string of the molecule is c1ccc(-c2cccc(-c3ccc(-c4nc(-c5cccc(-c6ccc(-c7ccc8ccccc8c7)cc6)c5)nc5ccc6ccccc6c45)cc3)c2)cc1. The summed E-state index contributed by atoms with van der Waals surface area (Å²) in [6.07, 6.45) is 0. The zero-order chi connectivity index (χ0) is 35.8. The molecule has 0 bridgehead atoms. The van der Waals surface area contributed by atoms with Crippen molar-refractivity contribution in [1.82, 2.24) is 9.97 Å². The highest BCUT2D eigenvalue weighted by Gasteiger charge is 2.15. The maximum Gasteiger partial charge on any atom is 0.160 e. The van der Waals surface area contributed by atoms with Crippen LogP contribution in [0.4, 0.5) is 0 Å². The topological polar surface area (TPSA) is 25.8 Å². The summed E-state index contributed by atoms with van der Waals surface area (Å²) in [6, 6.07) is 73.5. The predicted octanol–water partition coefficient (Wildman–Crippen LogP) is 13.9. The van der Waals surface area contributed by atoms with Gasteiger partial charge >= 0.3 is 0 Å². The third kappa shape index (κ3) is 5.90. The van der Waals surface area contributed by atoms with Gasteiger partial charge in [0.1, 0.15) is 0 Å². The molecule has 252 valence electrons. The minimum atomic E-state index is 0.710. The highest BCUT2D eigenvalue weighted by Crippen LogP contribution is 2.37. The van der Waals surface area contributed by atoms with Gasteiger partial charge in [-0.2, -0.15) is 0 Å². The van der Waals surface area contributed by atoms with E-state index < -0.39 is 0 Å². The van der Waals surface area contributed by atoms with Crippen molar-refractivity contribution in [2.24, 2.45) is 0 Å². The Bertz CT molecular complexity index is 2960. The monoisotopic (exact) mass is 686 g/mol. The normalized spacial score (nSPS) is 11.3. The Hall–Kier alpha value is -7.16. The number of benzene rings is 9. The maximum absolute atomic E-state index is 5.35. The molecule has 0 saturated carbocycles. The smallest absolute Gasteiger partial charge is 0.160 e. The van der Waals surface area contributed by atoms with Crippen LogP contribution in [0.15, 0.2) is 206 Å². The summed E-state index contributed by atoms with van der Waals surface area (Å²) < 4.78 is 0. The third-order valence-electron chi connectivity index (χ3n) is 10.5. The van der Waals surface area contributed by atoms with E-state index in [9.17, 15) is 0 Å². The summed E-state index contributed by atoms with van der Waals surface area (Å²) in [4.78, 5) is 10.5. The van der Waals surface area contributed by atoms with Crippen LogP contribution in [-0.4, -0.2) is 9.97 Å². The van der Waals surface area contributed by atoms with Gasteiger partial charge in [0.15, 0.2) is 5.82 Å². The van der Waals surface area contributed by atoms with Crippen molar-refractivity contribution >= 4 is 32.4 Å². The van der Waals surface area contributed by atoms with E-state index >= 15 is 0 Å². The summed E-state index contributed by atoms with van der Waals surface area (Å²) in [6.45, 7) is 0. The van der Waals surface area contributed by atoms with E-state index in [1.165, 1.54) is 49.5 Å². The molecule has 0 saturated heterocycles. The van der Waals surface area contributed by atoms with Crippen molar-refractivity contribution in [2.75, 3.05) is 0 Å². The molecule has 2 heteroatoms. The van der Waals surface area contributed by atoms with Crippen molar-refractivity contribution < 1.29 is 0 Å². The summed E-state index contributed by atoms with van der Waals surface area (Å²) in [5, 5.41) is 5.89. The van der Waals surface area contributed by atoms with Crippen LogP contribution in [0.5, 0.6) is 0 Å². The second-order valence-corrected chi connectivity index (χ2v) is 13.8. The predicted molar refractivity (Wildman–Crippen MR) is 227 cm³/mol. The van der Waals surface area contributed by atoms with Gasteiger partial charge in [-0.25, -0.2) is 9.97 Å². The first-order valence-electron chi connectivity index (χ1n) is 18.4. The summed E-state index contributed by atoms with van der Waals surface area (Å²) in [5.74, 6) is 0.710. The van der Waals surface area contributed by atoms with Gasteiger partial charge in [-0.05, 0) is 90.3 Å². The molecule has 2 nitrogen and oxygen atoms in total. The van der Waals surface area contributed by atoms with Crippen LogP contribution in [-0.2, 0) is 0 Å². The number of hydrogen-bond donors (Lipinski definition) is 0. The molecule has 0 amide bonds. The molecule has 54 heavy (non-hydrogen) atoms. The van der Waals surface area contributed by atoms with Gasteiger partial charge in [0.2, 0.25) is 0 Å². The third-order valence-corrected chi connectivity index (χ3v) is 10.5. The lowest BCUT2D eigenvalue weighted by Gasteiger charge is -2.13. The van der Waals surface area contributed by atoms with Crippen LogP contribution in [0.1, 0.15) is 0 Å². The highest BCUT2D eigenvalue weighted by molar-refractivity contribution is 6.12. The molecule has 1 heterocycles. The highest BCUT2D eigenvalue weighted by atomic mass is 14.9. The minimum absolute atomic E-state index is 0.710. The fourth-order valence-corrected chi connectivity index (χ4v) is 7.63. The summed E-state index contributed by atoms with van der Waals surface area (Å²) in [5.41, 5.74) is 13.4. The maximum atomic E-state index is 5.35. The first kappa shape index (κ1) is 31.6. The second-order valence-electron chi connectivity index (χ2n) is 13.8. The van der Waals surface area contributed by atoms with E-state index in [1.54, 1.807) is 0 Å². The molecule has 1 aromatic heterocycles. The van der Waals surface area contributed by atoms with Gasteiger partial charge in [-0.3, -0.25) is 0 Å². The van der Waals surface area contributed by atoms with Crippen LogP contribution >= 0.6 is 0 Å². The van der Waals surface area contributed by atoms with Gasteiger partial charge in [-0.15, -0.1) is 0 Å². The van der Waals surface area contributed by atoms with E-state index in [0.717, 1.165) is 44.2 Å². The number of rotatable bonds is 6. The Morgan fingerprint density at radius 2 is 0.722 bits per heavy atom. The molecule has 0 fully saturated rings. The van der Waals surface area contributed by atoms with E-state index in [2.05, 4.69) is 206 Å². The van der Waals surface area contributed by atoms with Gasteiger partial charge in [0.25, 0.3) is 0 Å². The average Bonchev–Trinajstić information content (AvgIpc) is 3.26. The second kappa shape index (κ2) is 13.4. The van der Waals surface area contributed by atoms with Gasteiger partial charge in [0, 0.05) is 16.5 Å². The molecule has 10 aromatic rings. The van der Waals surface area contributed by atoms with E-state index in [-0.39, 0.29) is 0 Å². The summed E-state index contributed by atoms with van der Waals surface area (Å²) in [7, 11) is 0. The fourth-order valence-electron chi connectivity index (χ4n) is 7.63.